The third-order valence-electron chi connectivity index (χ3n) is 1.67. The third kappa shape index (κ3) is 2.22. The Labute approximate surface area is 75.3 Å². The van der Waals surface area contributed by atoms with E-state index in [0.29, 0.717) is 13.0 Å². The molecule has 12 heavy (non-hydrogen) atoms. The molecule has 0 aliphatic carbocycles. The van der Waals surface area contributed by atoms with E-state index >= 15 is 0 Å². The van der Waals surface area contributed by atoms with Crippen molar-refractivity contribution in [1.29, 1.82) is 0 Å². The van der Waals surface area contributed by atoms with Crippen molar-refractivity contribution in [3.8, 4) is 0 Å². The standard InChI is InChI=1S/C7H8N2O2S/c10-6(8-5-12)4-9-3-1-2-7(9)11/h1-4H2. The number of carbonyl (C=O) groups excluding carboxylic acids is 2. The van der Waals surface area contributed by atoms with Crippen LogP contribution in [0, 0.1) is 0 Å². The molecule has 0 N–H and O–H groups in total. The van der Waals surface area contributed by atoms with E-state index in [1.54, 1.807) is 0 Å². The molecule has 1 aliphatic heterocycles. The fourth-order valence-corrected chi connectivity index (χ4v) is 1.22. The predicted octanol–water partition coefficient (Wildman–Crippen LogP) is 0.238. The molecule has 0 unspecified atom stereocenters. The summed E-state index contributed by atoms with van der Waals surface area (Å²) < 4.78 is 0. The van der Waals surface area contributed by atoms with Gasteiger partial charge in [-0.2, -0.15) is 4.99 Å². The second kappa shape index (κ2) is 4.09. The van der Waals surface area contributed by atoms with Crippen LogP contribution in [0.4, 0.5) is 0 Å². The molecule has 0 aromatic rings. The van der Waals surface area contributed by atoms with Gasteiger partial charge in [0.15, 0.2) is 0 Å². The van der Waals surface area contributed by atoms with Crippen molar-refractivity contribution < 1.29 is 9.59 Å². The first-order valence-corrected chi connectivity index (χ1v) is 4.03. The lowest BCUT2D eigenvalue weighted by Crippen LogP contribution is -2.29. The summed E-state index contributed by atoms with van der Waals surface area (Å²) in [6, 6.07) is 0. The highest BCUT2D eigenvalue weighted by Crippen LogP contribution is 2.08. The smallest absolute Gasteiger partial charge is 0.274 e. The summed E-state index contributed by atoms with van der Waals surface area (Å²) in [6.07, 6.45) is 1.36. The molecule has 0 aromatic heterocycles. The van der Waals surface area contributed by atoms with Crippen molar-refractivity contribution in [3.63, 3.8) is 0 Å². The van der Waals surface area contributed by atoms with Crippen LogP contribution >= 0.6 is 12.2 Å². The minimum Gasteiger partial charge on any atom is -0.333 e. The number of rotatable bonds is 2. The summed E-state index contributed by atoms with van der Waals surface area (Å²) in [5, 5.41) is 1.98. The monoisotopic (exact) mass is 184 g/mol. The first-order valence-electron chi connectivity index (χ1n) is 3.62. The summed E-state index contributed by atoms with van der Waals surface area (Å²) in [7, 11) is 0. The zero-order valence-electron chi connectivity index (χ0n) is 6.45. The molecule has 0 bridgehead atoms. The maximum absolute atomic E-state index is 11.0. The summed E-state index contributed by atoms with van der Waals surface area (Å²) in [5.41, 5.74) is 0. The van der Waals surface area contributed by atoms with Crippen molar-refractivity contribution in [1.82, 2.24) is 4.90 Å². The molecular weight excluding hydrogens is 176 g/mol. The summed E-state index contributed by atoms with van der Waals surface area (Å²) >= 11 is 4.26. The molecule has 2 amide bonds. The number of nitrogens with zero attached hydrogens (tertiary/aromatic N) is 2. The van der Waals surface area contributed by atoms with Crippen LogP contribution in [-0.2, 0) is 9.59 Å². The van der Waals surface area contributed by atoms with E-state index in [1.807, 2.05) is 5.16 Å². The van der Waals surface area contributed by atoms with Gasteiger partial charge in [-0.05, 0) is 18.6 Å². The van der Waals surface area contributed by atoms with Crippen molar-refractivity contribution in [2.75, 3.05) is 13.1 Å². The minimum atomic E-state index is -0.403. The van der Waals surface area contributed by atoms with Gasteiger partial charge in [0, 0.05) is 13.0 Å². The maximum atomic E-state index is 11.0. The van der Waals surface area contributed by atoms with Crippen LogP contribution in [0.2, 0.25) is 0 Å². The number of likely N-dealkylation sites (tertiary alicyclic amines) is 1. The molecule has 0 atom stereocenters. The molecule has 1 heterocycles. The molecule has 0 saturated carbocycles. The van der Waals surface area contributed by atoms with Gasteiger partial charge in [0.25, 0.3) is 5.91 Å². The van der Waals surface area contributed by atoms with Crippen LogP contribution in [0.15, 0.2) is 4.99 Å². The number of aliphatic imine (C=N–C) groups is 1. The van der Waals surface area contributed by atoms with E-state index in [9.17, 15) is 9.59 Å². The molecule has 1 rings (SSSR count). The Morgan fingerprint density at radius 2 is 2.50 bits per heavy atom. The maximum Gasteiger partial charge on any atom is 0.274 e. The van der Waals surface area contributed by atoms with E-state index in [1.165, 1.54) is 4.90 Å². The molecule has 64 valence electrons. The molecule has 5 heteroatoms. The number of isothiocyanates is 1. The average Bonchev–Trinajstić information content (AvgIpc) is 2.37. The lowest BCUT2D eigenvalue weighted by Gasteiger charge is -2.11. The highest BCUT2D eigenvalue weighted by Gasteiger charge is 2.21. The Bertz CT molecular complexity index is 258. The first kappa shape index (κ1) is 9.03. The SMILES string of the molecule is O=C(CN1CCCC1=O)N=C=S. The van der Waals surface area contributed by atoms with E-state index in [-0.39, 0.29) is 12.5 Å². The van der Waals surface area contributed by atoms with Gasteiger partial charge in [-0.25, -0.2) is 0 Å². The van der Waals surface area contributed by atoms with Crippen LogP contribution in [0.1, 0.15) is 12.8 Å². The number of carbonyl (C=O) groups is 2. The Kier molecular flexibility index (Phi) is 3.08. The highest BCUT2D eigenvalue weighted by atomic mass is 32.1. The molecule has 0 aromatic carbocycles. The summed E-state index contributed by atoms with van der Waals surface area (Å²) in [6.45, 7) is 0.694. The largest absolute Gasteiger partial charge is 0.333 e. The number of hydrogen-bond acceptors (Lipinski definition) is 3. The van der Waals surface area contributed by atoms with E-state index < -0.39 is 5.91 Å². The van der Waals surface area contributed by atoms with E-state index in [0.717, 1.165) is 6.42 Å². The highest BCUT2D eigenvalue weighted by molar-refractivity contribution is 7.78. The van der Waals surface area contributed by atoms with Gasteiger partial charge in [0.2, 0.25) is 5.91 Å². The van der Waals surface area contributed by atoms with Crippen LogP contribution in [0.25, 0.3) is 0 Å². The van der Waals surface area contributed by atoms with Crippen LogP contribution in [0.3, 0.4) is 0 Å². The normalized spacial score (nSPS) is 16.0. The lowest BCUT2D eigenvalue weighted by molar-refractivity contribution is -0.131. The van der Waals surface area contributed by atoms with Gasteiger partial charge in [-0.3, -0.25) is 9.59 Å². The fourth-order valence-electron chi connectivity index (χ4n) is 1.12. The van der Waals surface area contributed by atoms with Crippen LogP contribution in [0.5, 0.6) is 0 Å². The number of hydrogen-bond donors (Lipinski definition) is 0. The van der Waals surface area contributed by atoms with Gasteiger partial charge in [-0.1, -0.05) is 0 Å². The van der Waals surface area contributed by atoms with Gasteiger partial charge >= 0.3 is 0 Å². The molecule has 1 saturated heterocycles. The van der Waals surface area contributed by atoms with Gasteiger partial charge in [0.1, 0.15) is 6.54 Å². The first-order chi connectivity index (χ1) is 5.74. The third-order valence-corrected chi connectivity index (χ3v) is 1.76. The Morgan fingerprint density at radius 3 is 3.00 bits per heavy atom. The zero-order chi connectivity index (χ0) is 8.97. The van der Waals surface area contributed by atoms with Gasteiger partial charge < -0.3 is 4.90 Å². The van der Waals surface area contributed by atoms with Gasteiger partial charge in [-0.15, -0.1) is 0 Å². The molecular formula is C7H8N2O2S. The van der Waals surface area contributed by atoms with Crippen molar-refractivity contribution in [2.45, 2.75) is 12.8 Å². The zero-order valence-corrected chi connectivity index (χ0v) is 7.26. The second-order valence-corrected chi connectivity index (χ2v) is 2.70. The summed E-state index contributed by atoms with van der Waals surface area (Å²) in [5.74, 6) is -0.386. The second-order valence-electron chi connectivity index (χ2n) is 2.52. The predicted molar refractivity (Wildman–Crippen MR) is 45.8 cm³/mol. The quantitative estimate of drug-likeness (QED) is 0.456. The van der Waals surface area contributed by atoms with E-state index in [2.05, 4.69) is 17.2 Å². The van der Waals surface area contributed by atoms with Crippen molar-refractivity contribution >= 4 is 29.2 Å². The molecule has 0 spiro atoms. The Hall–Kier alpha value is -1.06. The van der Waals surface area contributed by atoms with Crippen molar-refractivity contribution in [3.05, 3.63) is 0 Å². The molecule has 0 radical (unpaired) electrons. The van der Waals surface area contributed by atoms with Crippen molar-refractivity contribution in [2.24, 2.45) is 4.99 Å². The lowest BCUT2D eigenvalue weighted by atomic mass is 10.4. The van der Waals surface area contributed by atoms with Crippen LogP contribution < -0.4 is 0 Å². The Morgan fingerprint density at radius 1 is 1.75 bits per heavy atom. The minimum absolute atomic E-state index is 0.0166. The molecule has 1 aliphatic rings. The van der Waals surface area contributed by atoms with E-state index in [4.69, 9.17) is 0 Å². The molecule has 1 fully saturated rings. The fraction of sp³-hybridized carbons (Fsp3) is 0.571. The number of amides is 2. The summed E-state index contributed by atoms with van der Waals surface area (Å²) in [4.78, 5) is 26.6. The molecule has 4 nitrogen and oxygen atoms in total. The average molecular weight is 184 g/mol. The topological polar surface area (TPSA) is 49.7 Å². The number of thiocarbonyl (C=S) groups is 1. The van der Waals surface area contributed by atoms with Crippen LogP contribution in [-0.4, -0.2) is 35.0 Å². The van der Waals surface area contributed by atoms with Gasteiger partial charge in [0.05, 0.1) is 5.16 Å². The Balaban J connectivity index is 2.45.